The third-order valence-electron chi connectivity index (χ3n) is 14.0. The standard InChI is InChI=1S/2C10H16N2.3C9H14N2.2C9H13NO.2C7H10NS.2Re/c1-6-9-8(10(2,3)4)7-12(5)11-9;1-6-8-7-9(10(2,3)4)12(5)11-8;1-5-8-10-6-7(11-8)9(2,3)4;1-5-8-7(6-10-11-8)9(2,3)4;1-5-7-6-8(11-10-7)9(2,3)4;1-5-8-10-7(6-11-8)9(2,3)4;1-5-8-7(6-11-10-8)9(2,3)4;1-7(2,3)6-4-8-5-9-6;1-7(2,3)6-4-5-8-9-6;;/h2*6-7H,1H2,2-5H3;3*5-6H,1H2,2-4H3,(H,10,11);2*5-6H,1H2,2-4H3;2*4H,1-3H3;;/q;;;;;;;2*-1;;. The van der Waals surface area contributed by atoms with Gasteiger partial charge in [-0.25, -0.2) is 16.0 Å². The Morgan fingerprint density at radius 3 is 1.35 bits per heavy atom. The van der Waals surface area contributed by atoms with Crippen LogP contribution in [0.4, 0.5) is 0 Å². The summed E-state index contributed by atoms with van der Waals surface area (Å²) >= 11 is 3.12. The van der Waals surface area contributed by atoms with E-state index in [1.54, 1.807) is 66.4 Å². The number of H-pyrrole nitrogens is 3. The van der Waals surface area contributed by atoms with E-state index in [0.717, 1.165) is 56.9 Å². The second kappa shape index (κ2) is 40.6. The molecule has 0 bridgehead atoms. The zero-order valence-electron chi connectivity index (χ0n) is 65.5. The molecule has 9 heterocycles. The fraction of sp³-hybridized carbons (Fsp3) is 0.481. The Morgan fingerprint density at radius 2 is 1.07 bits per heavy atom. The predicted octanol–water partition coefficient (Wildman–Crippen LogP) is 21.5. The third-order valence-corrected chi connectivity index (χ3v) is 16.2. The Kier molecular flexibility index (Phi) is 38.7. The first-order valence-corrected chi connectivity index (χ1v) is 34.1. The number of oxazole rings is 1. The molecule has 20 heteroatoms. The van der Waals surface area contributed by atoms with Gasteiger partial charge in [0.1, 0.15) is 24.0 Å². The number of hydrogen-bond donors (Lipinski definition) is 3. The Balaban J connectivity index is 0. The summed E-state index contributed by atoms with van der Waals surface area (Å²) in [6, 6.07) is 6.05. The minimum Gasteiger partial charge on any atom is -0.445 e. The van der Waals surface area contributed by atoms with Crippen LogP contribution in [0.2, 0.25) is 0 Å². The van der Waals surface area contributed by atoms with Crippen molar-refractivity contribution in [2.24, 2.45) is 14.1 Å². The molecule has 2 radical (unpaired) electrons. The van der Waals surface area contributed by atoms with E-state index >= 15 is 0 Å². The molecule has 0 fully saturated rings. The summed E-state index contributed by atoms with van der Waals surface area (Å²) in [6.45, 7) is 83.7. The molecule has 0 unspecified atom stereocenters. The largest absolute Gasteiger partial charge is 0.445 e. The zero-order valence-corrected chi connectivity index (χ0v) is 72.6. The van der Waals surface area contributed by atoms with E-state index in [9.17, 15) is 0 Å². The molecule has 0 aliphatic heterocycles. The van der Waals surface area contributed by atoms with Gasteiger partial charge in [-0.2, -0.15) is 31.9 Å². The van der Waals surface area contributed by atoms with Crippen LogP contribution >= 0.6 is 22.9 Å². The van der Waals surface area contributed by atoms with Crippen molar-refractivity contribution in [3.05, 3.63) is 203 Å². The van der Waals surface area contributed by atoms with Gasteiger partial charge in [0, 0.05) is 123 Å². The average Bonchev–Trinajstić information content (AvgIpc) is 1.62. The quantitative estimate of drug-likeness (QED) is 0.128. The Hall–Kier alpha value is -6.77. The van der Waals surface area contributed by atoms with Crippen molar-refractivity contribution in [2.45, 2.75) is 236 Å². The van der Waals surface area contributed by atoms with Crippen LogP contribution in [-0.2, 0) is 104 Å². The summed E-state index contributed by atoms with van der Waals surface area (Å²) in [5.41, 5.74) is 17.0. The maximum atomic E-state index is 5.11. The molecule has 0 aliphatic rings. The molecule has 9 rings (SSSR count). The maximum absolute atomic E-state index is 5.11. The van der Waals surface area contributed by atoms with Gasteiger partial charge in [0.25, 0.3) is 0 Å². The third kappa shape index (κ3) is 34.0. The number of aromatic nitrogens is 14. The minimum atomic E-state index is 0. The molecule has 9 aromatic rings. The number of nitrogens with one attached hydrogen (secondary N) is 3. The molecule has 3 N–H and O–H groups in total. The second-order valence-electron chi connectivity index (χ2n) is 32.3. The summed E-state index contributed by atoms with van der Waals surface area (Å²) in [6.07, 6.45) is 26.0. The first-order chi connectivity index (χ1) is 44.3. The number of imidazole rings is 1. The van der Waals surface area contributed by atoms with E-state index in [4.69, 9.17) is 8.94 Å². The molecule has 0 atom stereocenters. The van der Waals surface area contributed by atoms with Crippen LogP contribution in [-0.4, -0.2) is 69.4 Å². The summed E-state index contributed by atoms with van der Waals surface area (Å²) in [7, 11) is 3.90. The topological polar surface area (TPSA) is 200 Å². The molecule has 0 amide bonds. The van der Waals surface area contributed by atoms with Crippen LogP contribution in [0.1, 0.15) is 276 Å². The first-order valence-electron chi connectivity index (χ1n) is 32.5. The van der Waals surface area contributed by atoms with Gasteiger partial charge in [-0.1, -0.05) is 249 Å². The van der Waals surface area contributed by atoms with Gasteiger partial charge in [0.15, 0.2) is 0 Å². The fourth-order valence-electron chi connectivity index (χ4n) is 7.98. The van der Waals surface area contributed by atoms with Gasteiger partial charge in [-0.15, -0.1) is 22.1 Å². The van der Waals surface area contributed by atoms with Gasteiger partial charge in [0.05, 0.1) is 34.7 Å². The molecule has 16 nitrogen and oxygen atoms in total. The van der Waals surface area contributed by atoms with Crippen molar-refractivity contribution in [1.29, 1.82) is 0 Å². The summed E-state index contributed by atoms with van der Waals surface area (Å²) in [5, 5.41) is 26.3. The van der Waals surface area contributed by atoms with Crippen molar-refractivity contribution in [3.8, 4) is 0 Å². The molecule has 546 valence electrons. The van der Waals surface area contributed by atoms with Crippen molar-refractivity contribution >= 4 is 65.4 Å². The zero-order chi connectivity index (χ0) is 74.9. The van der Waals surface area contributed by atoms with E-state index in [0.29, 0.717) is 5.89 Å². The molecule has 9 aromatic heterocycles. The van der Waals surface area contributed by atoms with Gasteiger partial charge in [-0.3, -0.25) is 30.9 Å². The number of aromatic amines is 3. The SMILES string of the molecule is C=Cc1[nH]ncc1C(C)(C)C.C=Cc1cc(C(C)(C)C)[nH]n1.C=Cc1cc(C(C)(C)C)n(C)n1.C=Cc1nc(C(C)(C)C)co1.C=Cc1ncc(C(C)(C)C)[nH]1.C=Cc1nn(C)cc1C(C)(C)C.C=Cc1nocc1C(C)(C)C.CC(C)(C)c1c[c-]ns1.CC(C)(C)c1cn[c-]s1.[Re].[Re]. The Labute approximate surface area is 632 Å². The van der Waals surface area contributed by atoms with Gasteiger partial charge < -0.3 is 23.3 Å². The number of rotatable bonds is 7. The molecule has 0 saturated heterocycles. The number of thiazole rings is 1. The monoisotopic (exact) mass is 1730 g/mol. The van der Waals surface area contributed by atoms with Gasteiger partial charge in [0.2, 0.25) is 5.89 Å². The van der Waals surface area contributed by atoms with Crippen molar-refractivity contribution < 1.29 is 49.8 Å². The molecule has 0 spiro atoms. The Morgan fingerprint density at radius 1 is 0.515 bits per heavy atom. The molecule has 0 aromatic carbocycles. The van der Waals surface area contributed by atoms with E-state index in [1.807, 2.05) is 54.2 Å². The minimum absolute atomic E-state index is 0. The second-order valence-corrected chi connectivity index (χ2v) is 33.9. The Bertz CT molecular complexity index is 3540. The van der Waals surface area contributed by atoms with E-state index < -0.39 is 0 Å². The molecule has 0 saturated carbocycles. The smallest absolute Gasteiger partial charge is 0.218 e. The van der Waals surface area contributed by atoms with E-state index in [1.165, 1.54) is 38.1 Å². The van der Waals surface area contributed by atoms with Crippen molar-refractivity contribution in [3.63, 3.8) is 0 Å². The molecule has 99 heavy (non-hydrogen) atoms. The fourth-order valence-corrected chi connectivity index (χ4v) is 9.17. The summed E-state index contributed by atoms with van der Waals surface area (Å²) in [4.78, 5) is 18.0. The van der Waals surface area contributed by atoms with E-state index in [2.05, 4.69) is 317 Å². The number of hydrogen-bond acceptors (Lipinski definition) is 13. The van der Waals surface area contributed by atoms with Crippen LogP contribution in [0.25, 0.3) is 42.5 Å². The summed E-state index contributed by atoms with van der Waals surface area (Å²) < 4.78 is 17.6. The predicted molar refractivity (Wildman–Crippen MR) is 416 cm³/mol. The molecule has 0 aliphatic carbocycles. The number of nitrogens with zero attached hydrogens (tertiary/aromatic N) is 11. The van der Waals surface area contributed by atoms with Crippen LogP contribution in [0.15, 0.2) is 111 Å². The summed E-state index contributed by atoms with van der Waals surface area (Å²) in [5.74, 6) is 1.44. The van der Waals surface area contributed by atoms with Gasteiger partial charge >= 0.3 is 0 Å². The number of aryl methyl sites for hydroxylation is 2. The van der Waals surface area contributed by atoms with Crippen molar-refractivity contribution in [1.82, 2.24) is 69.4 Å². The first kappa shape index (κ1) is 94.3. The molecular formula is C79H120N14O2Re2S2-2. The van der Waals surface area contributed by atoms with Crippen LogP contribution < -0.4 is 0 Å². The van der Waals surface area contributed by atoms with Crippen LogP contribution in [0.5, 0.6) is 0 Å². The molecular weight excluding hydrogens is 1610 g/mol. The van der Waals surface area contributed by atoms with Crippen molar-refractivity contribution in [2.75, 3.05) is 0 Å². The van der Waals surface area contributed by atoms with Gasteiger partial charge in [-0.05, 0) is 76.4 Å². The normalized spacial score (nSPS) is 11.4. The van der Waals surface area contributed by atoms with Crippen LogP contribution in [0, 0.1) is 11.7 Å². The maximum Gasteiger partial charge on any atom is 0.218 e. The van der Waals surface area contributed by atoms with E-state index in [-0.39, 0.29) is 89.6 Å². The van der Waals surface area contributed by atoms with Crippen LogP contribution in [0.3, 0.4) is 0 Å². The average molecular weight is 1730 g/mol.